The van der Waals surface area contributed by atoms with Crippen LogP contribution >= 0.6 is 11.6 Å². The van der Waals surface area contributed by atoms with Crippen LogP contribution in [-0.2, 0) is 0 Å². The lowest BCUT2D eigenvalue weighted by Crippen LogP contribution is -2.24. The number of nitrogens with one attached hydrogen (secondary N) is 1. The van der Waals surface area contributed by atoms with E-state index in [4.69, 9.17) is 16.3 Å². The molecule has 0 spiro atoms. The molecule has 2 aromatic carbocycles. The van der Waals surface area contributed by atoms with Gasteiger partial charge in [0.2, 0.25) is 0 Å². The fourth-order valence-corrected chi connectivity index (χ4v) is 3.94. The molecule has 2 aliphatic carbocycles. The Morgan fingerprint density at radius 2 is 2.00 bits per heavy atom. The predicted octanol–water partition coefficient (Wildman–Crippen LogP) is 4.75. The molecule has 0 amide bonds. The fourth-order valence-electron chi connectivity index (χ4n) is 3.72. The van der Waals surface area contributed by atoms with Gasteiger partial charge in [-0.1, -0.05) is 23.7 Å². The highest BCUT2D eigenvalue weighted by Crippen LogP contribution is 2.46. The molecule has 1 aromatic heterocycles. The normalized spacial score (nSPS) is 16.4. The number of methoxy groups -OCH3 is 1. The molecule has 6 heteroatoms. The van der Waals surface area contributed by atoms with Crippen molar-refractivity contribution in [2.24, 2.45) is 5.92 Å². The third-order valence-corrected chi connectivity index (χ3v) is 5.93. The van der Waals surface area contributed by atoms with Gasteiger partial charge in [0, 0.05) is 11.9 Å². The van der Waals surface area contributed by atoms with Gasteiger partial charge in [0.25, 0.3) is 0 Å². The molecule has 3 aromatic rings. The van der Waals surface area contributed by atoms with E-state index < -0.39 is 0 Å². The molecule has 5 nitrogen and oxygen atoms in total. The molecule has 0 bridgehead atoms. The Morgan fingerprint density at radius 3 is 2.68 bits per heavy atom. The van der Waals surface area contributed by atoms with E-state index in [1.807, 2.05) is 24.3 Å². The number of halogens is 1. The number of hydrogen-bond donors (Lipinski definition) is 1. The lowest BCUT2D eigenvalue weighted by molar-refractivity contribution is 0.410. The van der Waals surface area contributed by atoms with E-state index in [2.05, 4.69) is 16.4 Å². The van der Waals surface area contributed by atoms with Crippen molar-refractivity contribution in [1.82, 2.24) is 9.55 Å². The SMILES string of the molecule is COc1cc2c(NCC3CC3)nc(=O)n(-c3ccccc3Cl)c2cc1C1CC1. The summed E-state index contributed by atoms with van der Waals surface area (Å²) < 4.78 is 7.29. The molecule has 0 aliphatic heterocycles. The second kappa shape index (κ2) is 6.82. The molecule has 2 fully saturated rings. The monoisotopic (exact) mass is 395 g/mol. The van der Waals surface area contributed by atoms with Crippen LogP contribution < -0.4 is 15.7 Å². The number of benzene rings is 2. The predicted molar refractivity (Wildman–Crippen MR) is 112 cm³/mol. The van der Waals surface area contributed by atoms with Crippen molar-refractivity contribution in [3.05, 3.63) is 57.5 Å². The van der Waals surface area contributed by atoms with Crippen LogP contribution in [0.2, 0.25) is 5.02 Å². The molecule has 1 heterocycles. The second-order valence-electron chi connectivity index (χ2n) is 7.74. The lowest BCUT2D eigenvalue weighted by Gasteiger charge is -2.17. The Labute approximate surface area is 168 Å². The number of ether oxygens (including phenoxy) is 1. The molecule has 0 atom stereocenters. The third kappa shape index (κ3) is 3.14. The average Bonchev–Trinajstić information content (AvgIpc) is 3.60. The first-order chi connectivity index (χ1) is 13.7. The summed E-state index contributed by atoms with van der Waals surface area (Å²) in [5.41, 5.74) is 2.28. The van der Waals surface area contributed by atoms with E-state index >= 15 is 0 Å². The van der Waals surface area contributed by atoms with Crippen LogP contribution in [0.4, 0.5) is 5.82 Å². The first-order valence-electron chi connectivity index (χ1n) is 9.79. The minimum Gasteiger partial charge on any atom is -0.496 e. The van der Waals surface area contributed by atoms with Crippen molar-refractivity contribution in [3.63, 3.8) is 0 Å². The number of para-hydroxylation sites is 1. The maximum atomic E-state index is 13.0. The number of hydrogen-bond acceptors (Lipinski definition) is 4. The van der Waals surface area contributed by atoms with Gasteiger partial charge in [-0.2, -0.15) is 4.98 Å². The van der Waals surface area contributed by atoms with Crippen molar-refractivity contribution in [2.75, 3.05) is 19.0 Å². The van der Waals surface area contributed by atoms with E-state index in [0.717, 1.165) is 41.6 Å². The summed E-state index contributed by atoms with van der Waals surface area (Å²) in [5, 5.41) is 4.79. The molecule has 1 N–H and O–H groups in total. The fraction of sp³-hybridized carbons (Fsp3) is 0.364. The maximum absolute atomic E-state index is 13.0. The highest BCUT2D eigenvalue weighted by molar-refractivity contribution is 6.32. The largest absolute Gasteiger partial charge is 0.496 e. The summed E-state index contributed by atoms with van der Waals surface area (Å²) in [5.74, 6) is 2.65. The molecular weight excluding hydrogens is 374 g/mol. The molecule has 0 unspecified atom stereocenters. The van der Waals surface area contributed by atoms with Crippen molar-refractivity contribution in [1.29, 1.82) is 0 Å². The Kier molecular flexibility index (Phi) is 4.27. The Balaban J connectivity index is 1.77. The Hall–Kier alpha value is -2.53. The quantitative estimate of drug-likeness (QED) is 0.654. The van der Waals surface area contributed by atoms with Gasteiger partial charge < -0.3 is 10.1 Å². The first-order valence-corrected chi connectivity index (χ1v) is 10.2. The van der Waals surface area contributed by atoms with E-state index in [0.29, 0.717) is 28.4 Å². The second-order valence-corrected chi connectivity index (χ2v) is 8.15. The number of nitrogens with zero attached hydrogens (tertiary/aromatic N) is 2. The van der Waals surface area contributed by atoms with Crippen molar-refractivity contribution in [3.8, 4) is 11.4 Å². The van der Waals surface area contributed by atoms with Crippen LogP contribution in [0.15, 0.2) is 41.2 Å². The molecule has 5 rings (SSSR count). The van der Waals surface area contributed by atoms with Crippen LogP contribution in [0.1, 0.15) is 37.2 Å². The van der Waals surface area contributed by atoms with E-state index in [9.17, 15) is 4.79 Å². The lowest BCUT2D eigenvalue weighted by atomic mass is 10.1. The summed E-state index contributed by atoms with van der Waals surface area (Å²) >= 11 is 6.43. The van der Waals surface area contributed by atoms with Gasteiger partial charge in [0.1, 0.15) is 11.6 Å². The third-order valence-electron chi connectivity index (χ3n) is 5.61. The van der Waals surface area contributed by atoms with E-state index in [1.165, 1.54) is 12.8 Å². The highest BCUT2D eigenvalue weighted by atomic mass is 35.5. The van der Waals surface area contributed by atoms with E-state index in [-0.39, 0.29) is 5.69 Å². The summed E-state index contributed by atoms with van der Waals surface area (Å²) in [6.07, 6.45) is 4.76. The average molecular weight is 396 g/mol. The number of rotatable bonds is 6. The van der Waals surface area contributed by atoms with Gasteiger partial charge in [-0.05, 0) is 67.3 Å². The number of anilines is 1. The van der Waals surface area contributed by atoms with Gasteiger partial charge in [-0.3, -0.25) is 4.57 Å². The van der Waals surface area contributed by atoms with Gasteiger partial charge in [0.15, 0.2) is 0 Å². The number of aromatic nitrogens is 2. The summed E-state index contributed by atoms with van der Waals surface area (Å²) in [6, 6.07) is 11.5. The highest BCUT2D eigenvalue weighted by Gasteiger charge is 2.29. The molecule has 2 saturated carbocycles. The van der Waals surface area contributed by atoms with Crippen LogP contribution in [-0.4, -0.2) is 23.2 Å². The molecule has 0 radical (unpaired) electrons. The Bertz CT molecular complexity index is 1120. The van der Waals surface area contributed by atoms with Gasteiger partial charge >= 0.3 is 5.69 Å². The number of fused-ring (bicyclic) bond motifs is 1. The zero-order valence-corrected chi connectivity index (χ0v) is 16.5. The van der Waals surface area contributed by atoms with Crippen molar-refractivity contribution in [2.45, 2.75) is 31.6 Å². The van der Waals surface area contributed by atoms with E-state index in [1.54, 1.807) is 17.7 Å². The summed E-state index contributed by atoms with van der Waals surface area (Å²) in [7, 11) is 1.70. The zero-order valence-electron chi connectivity index (χ0n) is 15.7. The van der Waals surface area contributed by atoms with Crippen molar-refractivity contribution >= 4 is 28.3 Å². The molecule has 144 valence electrons. The van der Waals surface area contributed by atoms with Gasteiger partial charge in [0.05, 0.1) is 23.3 Å². The minimum atomic E-state index is -0.328. The van der Waals surface area contributed by atoms with Crippen LogP contribution in [0.25, 0.3) is 16.6 Å². The molecule has 28 heavy (non-hydrogen) atoms. The van der Waals surface area contributed by atoms with Crippen LogP contribution in [0.3, 0.4) is 0 Å². The van der Waals surface area contributed by atoms with Crippen molar-refractivity contribution < 1.29 is 4.74 Å². The zero-order chi connectivity index (χ0) is 19.3. The van der Waals surface area contributed by atoms with Crippen LogP contribution in [0, 0.1) is 5.92 Å². The molecule has 0 saturated heterocycles. The summed E-state index contributed by atoms with van der Waals surface area (Å²) in [4.78, 5) is 17.4. The standard InChI is InChI=1S/C22H22ClN3O2/c1-28-20-11-16-19(10-15(20)14-8-9-14)26(18-5-3-2-4-17(18)23)22(27)25-21(16)24-12-13-6-7-13/h2-5,10-11,13-14H,6-9,12H2,1H3,(H,24,25,27). The van der Waals surface area contributed by atoms with Gasteiger partial charge in [-0.15, -0.1) is 0 Å². The van der Waals surface area contributed by atoms with Crippen LogP contribution in [0.5, 0.6) is 5.75 Å². The smallest absolute Gasteiger partial charge is 0.354 e. The van der Waals surface area contributed by atoms with Gasteiger partial charge in [-0.25, -0.2) is 4.79 Å². The minimum absolute atomic E-state index is 0.328. The Morgan fingerprint density at radius 1 is 1.21 bits per heavy atom. The molecular formula is C22H22ClN3O2. The molecule has 2 aliphatic rings. The maximum Gasteiger partial charge on any atom is 0.354 e. The summed E-state index contributed by atoms with van der Waals surface area (Å²) in [6.45, 7) is 0.838. The first kappa shape index (κ1) is 17.6. The topological polar surface area (TPSA) is 56.1 Å².